The van der Waals surface area contributed by atoms with E-state index < -0.39 is 11.4 Å². The van der Waals surface area contributed by atoms with Gasteiger partial charge in [0, 0.05) is 49.6 Å². The molecule has 0 radical (unpaired) electrons. The Balaban J connectivity index is 1.12. The topological polar surface area (TPSA) is 75.1 Å². The van der Waals surface area contributed by atoms with E-state index in [0.717, 1.165) is 86.5 Å². The first kappa shape index (κ1) is 25.3. The summed E-state index contributed by atoms with van der Waals surface area (Å²) in [7, 11) is 0. The van der Waals surface area contributed by atoms with E-state index in [-0.39, 0.29) is 5.92 Å². The number of nitrogens with zero attached hydrogens (tertiary/aromatic N) is 3. The molecule has 3 fully saturated rings. The Kier molecular flexibility index (Phi) is 6.88. The van der Waals surface area contributed by atoms with E-state index in [1.165, 1.54) is 16.7 Å². The van der Waals surface area contributed by atoms with Crippen molar-refractivity contribution in [1.82, 2.24) is 9.88 Å². The molecule has 1 N–H and O–H groups in total. The number of anilines is 1. The fraction of sp³-hybridized carbons (Fsp3) is 0.467. The highest BCUT2D eigenvalue weighted by Gasteiger charge is 2.59. The van der Waals surface area contributed by atoms with Gasteiger partial charge in [-0.25, -0.2) is 4.98 Å². The Labute approximate surface area is 228 Å². The highest BCUT2D eigenvalue weighted by Crippen LogP contribution is 2.55. The van der Waals surface area contributed by atoms with Gasteiger partial charge >= 0.3 is 5.97 Å². The van der Waals surface area contributed by atoms with Crippen LogP contribution >= 0.6 is 11.3 Å². The summed E-state index contributed by atoms with van der Waals surface area (Å²) in [5, 5.41) is 12.6. The molecule has 3 aliphatic rings. The zero-order valence-corrected chi connectivity index (χ0v) is 22.9. The lowest BCUT2D eigenvalue weighted by atomic mass is 9.83. The summed E-state index contributed by atoms with van der Waals surface area (Å²) in [6.07, 6.45) is 1.62. The zero-order chi connectivity index (χ0) is 26.3. The monoisotopic (exact) mass is 533 g/mol. The van der Waals surface area contributed by atoms with Crippen molar-refractivity contribution >= 4 is 22.4 Å². The van der Waals surface area contributed by atoms with E-state index in [0.29, 0.717) is 6.61 Å². The molecule has 8 heteroatoms. The normalized spacial score (nSPS) is 19.3. The standard InChI is InChI=1S/C30H35N3O4S/c1-20-3-6-27(37-18-23-5-4-22(14-21(23)2)15-32-9-11-36-12-10-32)25(13-20)26-19-38-29(31-26)33-16-24(17-33)30(7-8-30)28(34)35/h3-6,13-14,19,24H,7-12,15-18H2,1-2H3,(H,34,35). The molecule has 6 rings (SSSR count). The summed E-state index contributed by atoms with van der Waals surface area (Å²) in [5.74, 6) is 0.424. The van der Waals surface area contributed by atoms with Gasteiger partial charge in [-0.05, 0) is 55.5 Å². The van der Waals surface area contributed by atoms with E-state index in [1.54, 1.807) is 11.3 Å². The Morgan fingerprint density at radius 2 is 1.95 bits per heavy atom. The molecular formula is C30H35N3O4S. The molecule has 0 bridgehead atoms. The summed E-state index contributed by atoms with van der Waals surface area (Å²) >= 11 is 1.62. The van der Waals surface area contributed by atoms with Crippen LogP contribution < -0.4 is 9.64 Å². The fourth-order valence-corrected chi connectivity index (χ4v) is 6.46. The molecule has 0 amide bonds. The van der Waals surface area contributed by atoms with Gasteiger partial charge in [0.1, 0.15) is 12.4 Å². The number of thiazole rings is 1. The van der Waals surface area contributed by atoms with Crippen LogP contribution in [0.1, 0.15) is 35.1 Å². The first-order valence-electron chi connectivity index (χ1n) is 13.5. The molecule has 0 spiro atoms. The van der Waals surface area contributed by atoms with Gasteiger partial charge in [0.25, 0.3) is 0 Å². The molecule has 0 atom stereocenters. The summed E-state index contributed by atoms with van der Waals surface area (Å²) in [6.45, 7) is 10.8. The number of carboxylic acids is 1. The van der Waals surface area contributed by atoms with Gasteiger partial charge in [-0.15, -0.1) is 11.3 Å². The number of aryl methyl sites for hydroxylation is 2. The number of carbonyl (C=O) groups is 1. The fourth-order valence-electron chi connectivity index (χ4n) is 5.61. The van der Waals surface area contributed by atoms with Crippen molar-refractivity contribution in [1.29, 1.82) is 0 Å². The zero-order valence-electron chi connectivity index (χ0n) is 22.1. The van der Waals surface area contributed by atoms with E-state index in [1.807, 2.05) is 6.07 Å². The van der Waals surface area contributed by atoms with Crippen LogP contribution in [0.2, 0.25) is 0 Å². The number of morpholine rings is 1. The lowest BCUT2D eigenvalue weighted by Crippen LogP contribution is -2.52. The molecule has 2 aliphatic heterocycles. The number of ether oxygens (including phenoxy) is 2. The third-order valence-corrected chi connectivity index (χ3v) is 9.25. The SMILES string of the molecule is Cc1ccc(OCc2ccc(CN3CCOCC3)cc2C)c(-c2csc(N3CC(C4(C(=O)O)CC4)C3)n2)c1. The quantitative estimate of drug-likeness (QED) is 0.408. The van der Waals surface area contributed by atoms with Crippen LogP contribution in [0.15, 0.2) is 41.8 Å². The second kappa shape index (κ2) is 10.3. The van der Waals surface area contributed by atoms with Crippen molar-refractivity contribution in [2.24, 2.45) is 11.3 Å². The summed E-state index contributed by atoms with van der Waals surface area (Å²) in [4.78, 5) is 21.2. The Hall–Kier alpha value is -2.94. The Morgan fingerprint density at radius 1 is 1.16 bits per heavy atom. The molecule has 1 aromatic heterocycles. The average molecular weight is 534 g/mol. The number of rotatable bonds is 9. The van der Waals surface area contributed by atoms with Crippen molar-refractivity contribution in [2.45, 2.75) is 39.8 Å². The minimum atomic E-state index is -0.634. The molecular weight excluding hydrogens is 498 g/mol. The minimum Gasteiger partial charge on any atom is -0.488 e. The van der Waals surface area contributed by atoms with E-state index in [9.17, 15) is 9.90 Å². The van der Waals surface area contributed by atoms with Crippen LogP contribution in [-0.2, 0) is 22.7 Å². The van der Waals surface area contributed by atoms with Crippen molar-refractivity contribution in [3.8, 4) is 17.0 Å². The smallest absolute Gasteiger partial charge is 0.310 e. The maximum atomic E-state index is 11.7. The highest BCUT2D eigenvalue weighted by atomic mass is 32.1. The number of hydrogen-bond donors (Lipinski definition) is 1. The van der Waals surface area contributed by atoms with Crippen LogP contribution in [-0.4, -0.2) is 60.4 Å². The third kappa shape index (κ3) is 5.05. The average Bonchev–Trinajstić information content (AvgIpc) is 3.54. The lowest BCUT2D eigenvalue weighted by molar-refractivity contribution is -0.146. The second-order valence-corrected chi connectivity index (χ2v) is 11.9. The molecule has 0 unspecified atom stereocenters. The first-order chi connectivity index (χ1) is 18.4. The predicted octanol–water partition coefficient (Wildman–Crippen LogP) is 5.14. The van der Waals surface area contributed by atoms with E-state index >= 15 is 0 Å². The number of aliphatic carboxylic acids is 1. The molecule has 7 nitrogen and oxygen atoms in total. The van der Waals surface area contributed by atoms with Gasteiger partial charge < -0.3 is 19.5 Å². The lowest BCUT2D eigenvalue weighted by Gasteiger charge is -2.42. The van der Waals surface area contributed by atoms with Gasteiger partial charge in [-0.1, -0.05) is 29.8 Å². The van der Waals surface area contributed by atoms with Gasteiger partial charge in [0.15, 0.2) is 5.13 Å². The number of aromatic nitrogens is 1. The van der Waals surface area contributed by atoms with Gasteiger partial charge in [0.05, 0.1) is 24.3 Å². The summed E-state index contributed by atoms with van der Waals surface area (Å²) < 4.78 is 11.8. The Bertz CT molecular complexity index is 1320. The van der Waals surface area contributed by atoms with Crippen LogP contribution in [0.25, 0.3) is 11.3 Å². The van der Waals surface area contributed by atoms with E-state index in [2.05, 4.69) is 59.4 Å². The van der Waals surface area contributed by atoms with Crippen LogP contribution in [0.4, 0.5) is 5.13 Å². The summed E-state index contributed by atoms with van der Waals surface area (Å²) in [5.41, 5.74) is 6.32. The van der Waals surface area contributed by atoms with E-state index in [4.69, 9.17) is 14.5 Å². The molecule has 3 aromatic rings. The van der Waals surface area contributed by atoms with Crippen molar-refractivity contribution in [3.05, 3.63) is 64.0 Å². The van der Waals surface area contributed by atoms with Crippen LogP contribution in [0, 0.1) is 25.2 Å². The van der Waals surface area contributed by atoms with Crippen molar-refractivity contribution < 1.29 is 19.4 Å². The second-order valence-electron chi connectivity index (χ2n) is 11.0. The predicted molar refractivity (Wildman–Crippen MR) is 149 cm³/mol. The molecule has 2 aromatic carbocycles. The van der Waals surface area contributed by atoms with Crippen molar-refractivity contribution in [3.63, 3.8) is 0 Å². The molecule has 1 saturated carbocycles. The third-order valence-electron chi connectivity index (χ3n) is 8.35. The van der Waals surface area contributed by atoms with Crippen LogP contribution in [0.5, 0.6) is 5.75 Å². The number of benzene rings is 2. The highest BCUT2D eigenvalue weighted by molar-refractivity contribution is 7.14. The largest absolute Gasteiger partial charge is 0.488 e. The molecule has 38 heavy (non-hydrogen) atoms. The maximum Gasteiger partial charge on any atom is 0.310 e. The van der Waals surface area contributed by atoms with Crippen LogP contribution in [0.3, 0.4) is 0 Å². The molecule has 200 valence electrons. The number of carboxylic acid groups (broad SMARTS) is 1. The van der Waals surface area contributed by atoms with Crippen molar-refractivity contribution in [2.75, 3.05) is 44.3 Å². The first-order valence-corrected chi connectivity index (χ1v) is 14.4. The van der Waals surface area contributed by atoms with Gasteiger partial charge in [-0.3, -0.25) is 9.69 Å². The molecule has 3 heterocycles. The minimum absolute atomic E-state index is 0.230. The maximum absolute atomic E-state index is 11.7. The van der Waals surface area contributed by atoms with Gasteiger partial charge in [-0.2, -0.15) is 0 Å². The summed E-state index contributed by atoms with van der Waals surface area (Å²) in [6, 6.07) is 12.9. The van der Waals surface area contributed by atoms with Gasteiger partial charge in [0.2, 0.25) is 0 Å². The Morgan fingerprint density at radius 3 is 2.66 bits per heavy atom. The molecule has 2 saturated heterocycles. The number of hydrogen-bond acceptors (Lipinski definition) is 7. The molecule has 1 aliphatic carbocycles.